The van der Waals surface area contributed by atoms with Crippen LogP contribution in [-0.4, -0.2) is 69.8 Å². The Morgan fingerprint density at radius 3 is 2.48 bits per heavy atom. The molecule has 1 aromatic heterocycles. The zero-order valence-electron chi connectivity index (χ0n) is 12.3. The smallest absolute Gasteiger partial charge is 0.322 e. The van der Waals surface area contributed by atoms with Crippen molar-refractivity contribution in [1.29, 1.82) is 0 Å². The highest BCUT2D eigenvalue weighted by molar-refractivity contribution is 5.90. The lowest BCUT2D eigenvalue weighted by Gasteiger charge is -2.34. The average Bonchev–Trinajstić information content (AvgIpc) is 2.77. The Kier molecular flexibility index (Phi) is 4.79. The second-order valence-electron chi connectivity index (χ2n) is 5.21. The van der Waals surface area contributed by atoms with E-state index in [-0.39, 0.29) is 12.5 Å². The lowest BCUT2D eigenvalue weighted by atomic mass is 10.3. The minimum Gasteiger partial charge on any atom is -0.481 e. The van der Waals surface area contributed by atoms with Crippen molar-refractivity contribution < 1.29 is 14.7 Å². The maximum atomic E-state index is 12.2. The van der Waals surface area contributed by atoms with E-state index in [0.29, 0.717) is 32.7 Å². The van der Waals surface area contributed by atoms with Gasteiger partial charge in [-0.15, -0.1) is 0 Å². The second-order valence-corrected chi connectivity index (χ2v) is 5.21. The fraction of sp³-hybridized carbons (Fsp3) is 0.615. The van der Waals surface area contributed by atoms with Crippen LogP contribution in [0.25, 0.3) is 0 Å². The van der Waals surface area contributed by atoms with E-state index >= 15 is 0 Å². The second kappa shape index (κ2) is 6.57. The summed E-state index contributed by atoms with van der Waals surface area (Å²) in [5.41, 5.74) is 2.33. The molecule has 1 saturated heterocycles. The van der Waals surface area contributed by atoms with Crippen LogP contribution in [0.1, 0.15) is 17.8 Å². The Balaban J connectivity index is 1.82. The maximum absolute atomic E-state index is 12.2. The summed E-state index contributed by atoms with van der Waals surface area (Å²) in [6, 6.07) is -0.138. The summed E-state index contributed by atoms with van der Waals surface area (Å²) >= 11 is 0. The molecule has 0 spiro atoms. The van der Waals surface area contributed by atoms with E-state index in [4.69, 9.17) is 5.11 Å². The molecule has 8 heteroatoms. The van der Waals surface area contributed by atoms with Crippen molar-refractivity contribution in [2.24, 2.45) is 0 Å². The van der Waals surface area contributed by atoms with E-state index in [9.17, 15) is 9.59 Å². The molecule has 0 saturated carbocycles. The normalized spacial score (nSPS) is 16.0. The van der Waals surface area contributed by atoms with Gasteiger partial charge in [0.25, 0.3) is 0 Å². The quantitative estimate of drug-likeness (QED) is 0.757. The minimum atomic E-state index is -0.791. The van der Waals surface area contributed by atoms with E-state index in [2.05, 4.69) is 20.4 Å². The van der Waals surface area contributed by atoms with Gasteiger partial charge in [0.05, 0.1) is 23.5 Å². The number of nitrogens with one attached hydrogen (secondary N) is 2. The van der Waals surface area contributed by atoms with Crippen LogP contribution in [0, 0.1) is 13.8 Å². The molecule has 0 atom stereocenters. The highest BCUT2D eigenvalue weighted by Crippen LogP contribution is 2.17. The van der Waals surface area contributed by atoms with Crippen molar-refractivity contribution in [3.05, 3.63) is 11.4 Å². The SMILES string of the molecule is Cc1n[nH]c(C)c1NC(=O)N1CCN(CCC(=O)O)CC1. The molecule has 1 aliphatic heterocycles. The Morgan fingerprint density at radius 1 is 1.29 bits per heavy atom. The number of hydrogen-bond acceptors (Lipinski definition) is 4. The van der Waals surface area contributed by atoms with Crippen molar-refractivity contribution in [3.63, 3.8) is 0 Å². The van der Waals surface area contributed by atoms with Crippen molar-refractivity contribution >= 4 is 17.7 Å². The number of carboxylic acid groups (broad SMARTS) is 1. The zero-order valence-corrected chi connectivity index (χ0v) is 12.3. The molecule has 3 N–H and O–H groups in total. The van der Waals surface area contributed by atoms with E-state index in [1.807, 2.05) is 13.8 Å². The lowest BCUT2D eigenvalue weighted by molar-refractivity contribution is -0.137. The van der Waals surface area contributed by atoms with Crippen LogP contribution in [0.15, 0.2) is 0 Å². The van der Waals surface area contributed by atoms with Gasteiger partial charge in [-0.1, -0.05) is 0 Å². The number of carboxylic acids is 1. The number of urea groups is 1. The predicted octanol–water partition coefficient (Wildman–Crippen LogP) is 0.651. The molecule has 2 heterocycles. The summed E-state index contributed by atoms with van der Waals surface area (Å²) in [7, 11) is 0. The molecule has 8 nitrogen and oxygen atoms in total. The monoisotopic (exact) mass is 295 g/mol. The summed E-state index contributed by atoms with van der Waals surface area (Å²) in [5.74, 6) is -0.791. The summed E-state index contributed by atoms with van der Waals surface area (Å²) < 4.78 is 0. The number of hydrogen-bond donors (Lipinski definition) is 3. The number of piperazine rings is 1. The molecule has 0 bridgehead atoms. The number of aliphatic carboxylic acids is 1. The number of H-pyrrole nitrogens is 1. The molecule has 0 aliphatic carbocycles. The van der Waals surface area contributed by atoms with E-state index in [1.54, 1.807) is 4.90 Å². The first-order valence-electron chi connectivity index (χ1n) is 6.99. The van der Waals surface area contributed by atoms with Gasteiger partial charge >= 0.3 is 12.0 Å². The highest BCUT2D eigenvalue weighted by atomic mass is 16.4. The number of rotatable bonds is 4. The van der Waals surface area contributed by atoms with Crippen LogP contribution in [-0.2, 0) is 4.79 Å². The third kappa shape index (κ3) is 3.94. The summed E-state index contributed by atoms with van der Waals surface area (Å²) in [5, 5.41) is 18.4. The first-order valence-corrected chi connectivity index (χ1v) is 6.99. The first-order chi connectivity index (χ1) is 9.97. The molecule has 0 radical (unpaired) electrons. The van der Waals surface area contributed by atoms with E-state index in [1.165, 1.54) is 0 Å². The number of anilines is 1. The number of carbonyl (C=O) groups is 2. The molecule has 0 aromatic carbocycles. The fourth-order valence-electron chi connectivity index (χ4n) is 2.35. The highest BCUT2D eigenvalue weighted by Gasteiger charge is 2.22. The van der Waals surface area contributed by atoms with Crippen LogP contribution in [0.2, 0.25) is 0 Å². The van der Waals surface area contributed by atoms with E-state index in [0.717, 1.165) is 17.1 Å². The number of nitrogens with zero attached hydrogens (tertiary/aromatic N) is 3. The van der Waals surface area contributed by atoms with Gasteiger partial charge in [-0.25, -0.2) is 4.79 Å². The van der Waals surface area contributed by atoms with Crippen LogP contribution in [0.5, 0.6) is 0 Å². The summed E-state index contributed by atoms with van der Waals surface area (Å²) in [4.78, 5) is 26.6. The van der Waals surface area contributed by atoms with Crippen LogP contribution >= 0.6 is 0 Å². The van der Waals surface area contributed by atoms with Gasteiger partial charge in [0, 0.05) is 32.7 Å². The molecule has 1 aliphatic rings. The van der Waals surface area contributed by atoms with Crippen molar-refractivity contribution in [2.45, 2.75) is 20.3 Å². The number of aromatic amines is 1. The average molecular weight is 295 g/mol. The first kappa shape index (κ1) is 15.3. The van der Waals surface area contributed by atoms with Crippen LogP contribution in [0.4, 0.5) is 10.5 Å². The van der Waals surface area contributed by atoms with Gasteiger partial charge in [0.1, 0.15) is 0 Å². The molecule has 2 amide bonds. The molecular weight excluding hydrogens is 274 g/mol. The molecule has 1 aromatic rings. The number of aromatic nitrogens is 2. The number of carbonyl (C=O) groups excluding carboxylic acids is 1. The van der Waals surface area contributed by atoms with Gasteiger partial charge in [-0.05, 0) is 13.8 Å². The molecule has 116 valence electrons. The maximum Gasteiger partial charge on any atom is 0.322 e. The van der Waals surface area contributed by atoms with Crippen molar-refractivity contribution in [2.75, 3.05) is 38.0 Å². The summed E-state index contributed by atoms with van der Waals surface area (Å²) in [6.45, 7) is 6.82. The molecule has 2 rings (SSSR count). The van der Waals surface area contributed by atoms with Crippen LogP contribution in [0.3, 0.4) is 0 Å². The third-order valence-electron chi connectivity index (χ3n) is 3.66. The van der Waals surface area contributed by atoms with Crippen molar-refractivity contribution in [3.8, 4) is 0 Å². The molecular formula is C13H21N5O3. The van der Waals surface area contributed by atoms with Gasteiger partial charge in [-0.3, -0.25) is 14.8 Å². The number of amides is 2. The van der Waals surface area contributed by atoms with Crippen molar-refractivity contribution in [1.82, 2.24) is 20.0 Å². The van der Waals surface area contributed by atoms with E-state index < -0.39 is 5.97 Å². The van der Waals surface area contributed by atoms with Gasteiger partial charge in [0.2, 0.25) is 0 Å². The van der Waals surface area contributed by atoms with Gasteiger partial charge < -0.3 is 15.3 Å². The Bertz CT molecular complexity index is 500. The van der Waals surface area contributed by atoms with Gasteiger partial charge in [-0.2, -0.15) is 5.10 Å². The third-order valence-corrected chi connectivity index (χ3v) is 3.66. The largest absolute Gasteiger partial charge is 0.481 e. The molecule has 0 unspecified atom stereocenters. The molecule has 21 heavy (non-hydrogen) atoms. The Morgan fingerprint density at radius 2 is 1.95 bits per heavy atom. The molecule has 1 fully saturated rings. The number of aryl methyl sites for hydroxylation is 2. The lowest BCUT2D eigenvalue weighted by Crippen LogP contribution is -2.50. The predicted molar refractivity (Wildman–Crippen MR) is 77.3 cm³/mol. The fourth-order valence-corrected chi connectivity index (χ4v) is 2.35. The Hall–Kier alpha value is -2.09. The topological polar surface area (TPSA) is 102 Å². The van der Waals surface area contributed by atoms with Crippen LogP contribution < -0.4 is 5.32 Å². The summed E-state index contributed by atoms with van der Waals surface area (Å²) in [6.07, 6.45) is 0.138. The Labute approximate surface area is 123 Å². The standard InChI is InChI=1S/C13H21N5O3/c1-9-12(10(2)16-15-9)14-13(21)18-7-5-17(6-8-18)4-3-11(19)20/h3-8H2,1-2H3,(H,14,21)(H,15,16)(H,19,20). The zero-order chi connectivity index (χ0) is 15.4. The minimum absolute atomic E-state index is 0.138. The van der Waals surface area contributed by atoms with Gasteiger partial charge in [0.15, 0.2) is 0 Å².